The predicted molar refractivity (Wildman–Crippen MR) is 74.1 cm³/mol. The Hall–Kier alpha value is -0.590. The van der Waals surface area contributed by atoms with Crippen LogP contribution in [0.25, 0.3) is 0 Å². The first-order valence-electron chi connectivity index (χ1n) is 7.47. The lowest BCUT2D eigenvalue weighted by Gasteiger charge is -2.05. The highest BCUT2D eigenvalue weighted by atomic mass is 16.1. The van der Waals surface area contributed by atoms with Crippen LogP contribution in [0.5, 0.6) is 0 Å². The Balaban J connectivity index is 2.31. The number of Topliss-reactive ketones (excluding diaryl/α,β-unsaturated/α-hetero) is 1. The molecule has 17 heavy (non-hydrogen) atoms. The quantitative estimate of drug-likeness (QED) is 0.538. The minimum atomic E-state index is 0.438. The van der Waals surface area contributed by atoms with Crippen LogP contribution >= 0.6 is 0 Å². The van der Waals surface area contributed by atoms with Crippen molar-refractivity contribution in [1.29, 1.82) is 0 Å². The normalized spacial score (nSPS) is 28.1. The summed E-state index contributed by atoms with van der Waals surface area (Å²) in [7, 11) is 0. The van der Waals surface area contributed by atoms with Crippen molar-refractivity contribution in [2.24, 2.45) is 5.92 Å². The van der Waals surface area contributed by atoms with Gasteiger partial charge in [0.1, 0.15) is 5.78 Å². The van der Waals surface area contributed by atoms with E-state index in [1.54, 1.807) is 0 Å². The number of allylic oxidation sites excluding steroid dienone is 2. The molecule has 0 bridgehead atoms. The van der Waals surface area contributed by atoms with E-state index in [0.29, 0.717) is 11.7 Å². The van der Waals surface area contributed by atoms with Gasteiger partial charge in [-0.2, -0.15) is 0 Å². The average molecular weight is 236 g/mol. The lowest BCUT2D eigenvalue weighted by Crippen LogP contribution is -2.03. The highest BCUT2D eigenvalue weighted by molar-refractivity contribution is 5.78. The van der Waals surface area contributed by atoms with Crippen LogP contribution in [0.3, 0.4) is 0 Å². The van der Waals surface area contributed by atoms with E-state index >= 15 is 0 Å². The number of carbonyl (C=O) groups is 1. The molecule has 0 radical (unpaired) electrons. The molecule has 1 aliphatic carbocycles. The largest absolute Gasteiger partial charge is 0.300 e. The summed E-state index contributed by atoms with van der Waals surface area (Å²) < 4.78 is 0. The second kappa shape index (κ2) is 9.44. The average Bonchev–Trinajstić information content (AvgIpc) is 2.30. The van der Waals surface area contributed by atoms with Crippen molar-refractivity contribution in [2.45, 2.75) is 77.6 Å². The second-order valence-corrected chi connectivity index (χ2v) is 5.52. The molecule has 1 rings (SSSR count). The van der Waals surface area contributed by atoms with Gasteiger partial charge in [-0.3, -0.25) is 4.79 Å². The summed E-state index contributed by atoms with van der Waals surface area (Å²) in [6.45, 7) is 2.16. The monoisotopic (exact) mass is 236 g/mol. The molecule has 98 valence electrons. The fourth-order valence-corrected chi connectivity index (χ4v) is 2.50. The maximum Gasteiger partial charge on any atom is 0.133 e. The van der Waals surface area contributed by atoms with Gasteiger partial charge in [-0.15, -0.1) is 0 Å². The molecule has 0 aliphatic heterocycles. The fraction of sp³-hybridized carbons (Fsp3) is 0.812. The van der Waals surface area contributed by atoms with Crippen molar-refractivity contribution < 1.29 is 4.79 Å². The van der Waals surface area contributed by atoms with Crippen molar-refractivity contribution in [2.75, 3.05) is 0 Å². The number of hydrogen-bond donors (Lipinski definition) is 0. The Labute approximate surface area is 107 Å². The standard InChI is InChI=1S/C16H28O/c1-15-12-10-8-6-4-2-3-5-7-9-11-13-16(17)14-15/h10,12,15H,2-9,11,13-14H2,1H3/b12-10+/t15-/m1/s1. The lowest BCUT2D eigenvalue weighted by molar-refractivity contribution is -0.119. The van der Waals surface area contributed by atoms with Crippen molar-refractivity contribution >= 4 is 5.78 Å². The van der Waals surface area contributed by atoms with Gasteiger partial charge in [-0.25, -0.2) is 0 Å². The van der Waals surface area contributed by atoms with Crippen molar-refractivity contribution in [3.63, 3.8) is 0 Å². The molecule has 0 aromatic rings. The Morgan fingerprint density at radius 1 is 0.941 bits per heavy atom. The van der Waals surface area contributed by atoms with Crippen molar-refractivity contribution in [1.82, 2.24) is 0 Å². The summed E-state index contributed by atoms with van der Waals surface area (Å²) in [5, 5.41) is 0. The number of carbonyl (C=O) groups excluding carboxylic acids is 1. The second-order valence-electron chi connectivity index (χ2n) is 5.52. The van der Waals surface area contributed by atoms with Crippen molar-refractivity contribution in [3.8, 4) is 0 Å². The Kier molecular flexibility index (Phi) is 8.04. The van der Waals surface area contributed by atoms with Gasteiger partial charge in [-0.05, 0) is 25.2 Å². The highest BCUT2D eigenvalue weighted by Crippen LogP contribution is 2.14. The fourth-order valence-electron chi connectivity index (χ4n) is 2.50. The van der Waals surface area contributed by atoms with Crippen LogP contribution in [0, 0.1) is 5.92 Å². The molecule has 0 saturated heterocycles. The molecule has 0 aromatic carbocycles. The maximum absolute atomic E-state index is 11.7. The third-order valence-electron chi connectivity index (χ3n) is 3.59. The van der Waals surface area contributed by atoms with E-state index in [0.717, 1.165) is 19.3 Å². The third-order valence-corrected chi connectivity index (χ3v) is 3.59. The minimum absolute atomic E-state index is 0.438. The zero-order valence-corrected chi connectivity index (χ0v) is 11.4. The van der Waals surface area contributed by atoms with E-state index in [1.165, 1.54) is 51.4 Å². The number of rotatable bonds is 0. The number of ketones is 1. The van der Waals surface area contributed by atoms with Gasteiger partial charge in [-0.1, -0.05) is 57.6 Å². The van der Waals surface area contributed by atoms with Crippen LogP contribution in [0.2, 0.25) is 0 Å². The first-order chi connectivity index (χ1) is 8.29. The topological polar surface area (TPSA) is 17.1 Å². The summed E-state index contributed by atoms with van der Waals surface area (Å²) in [5.41, 5.74) is 0. The minimum Gasteiger partial charge on any atom is -0.300 e. The SMILES string of the molecule is C[C@@H]1/C=C/CCCCCCCCCCC(=O)C1. The predicted octanol–water partition coefficient (Wildman–Crippen LogP) is 5.05. The molecule has 0 amide bonds. The van der Waals surface area contributed by atoms with Gasteiger partial charge < -0.3 is 0 Å². The van der Waals surface area contributed by atoms with Gasteiger partial charge in [0.2, 0.25) is 0 Å². The maximum atomic E-state index is 11.7. The van der Waals surface area contributed by atoms with E-state index in [2.05, 4.69) is 19.1 Å². The molecule has 0 saturated carbocycles. The van der Waals surface area contributed by atoms with Gasteiger partial charge in [0.25, 0.3) is 0 Å². The summed E-state index contributed by atoms with van der Waals surface area (Å²) in [5.74, 6) is 0.893. The Morgan fingerprint density at radius 3 is 2.24 bits per heavy atom. The van der Waals surface area contributed by atoms with E-state index in [-0.39, 0.29) is 0 Å². The molecule has 1 heteroatoms. The van der Waals surface area contributed by atoms with Crippen LogP contribution < -0.4 is 0 Å². The van der Waals surface area contributed by atoms with Crippen LogP contribution in [0.15, 0.2) is 12.2 Å². The Morgan fingerprint density at radius 2 is 1.53 bits per heavy atom. The van der Waals surface area contributed by atoms with E-state index < -0.39 is 0 Å². The molecular weight excluding hydrogens is 208 g/mol. The van der Waals surface area contributed by atoms with Gasteiger partial charge in [0.15, 0.2) is 0 Å². The summed E-state index contributed by atoms with van der Waals surface area (Å²) in [4.78, 5) is 11.7. The zero-order valence-electron chi connectivity index (χ0n) is 11.4. The first kappa shape index (κ1) is 14.5. The molecule has 0 spiro atoms. The molecule has 1 nitrogen and oxygen atoms in total. The summed E-state index contributed by atoms with van der Waals surface area (Å²) in [6.07, 6.45) is 17.8. The smallest absolute Gasteiger partial charge is 0.133 e. The van der Waals surface area contributed by atoms with Gasteiger partial charge in [0, 0.05) is 12.8 Å². The molecule has 0 N–H and O–H groups in total. The third kappa shape index (κ3) is 8.18. The molecule has 0 unspecified atom stereocenters. The number of hydrogen-bond acceptors (Lipinski definition) is 1. The van der Waals surface area contributed by atoms with Crippen molar-refractivity contribution in [3.05, 3.63) is 12.2 Å². The van der Waals surface area contributed by atoms with E-state index in [4.69, 9.17) is 0 Å². The zero-order chi connectivity index (χ0) is 12.3. The molecular formula is C16H28O. The van der Waals surface area contributed by atoms with Crippen LogP contribution in [-0.2, 0) is 4.79 Å². The summed E-state index contributed by atoms with van der Waals surface area (Å²) >= 11 is 0. The molecule has 0 fully saturated rings. The van der Waals surface area contributed by atoms with E-state index in [1.807, 2.05) is 0 Å². The Bertz CT molecular complexity index is 230. The van der Waals surface area contributed by atoms with E-state index in [9.17, 15) is 4.79 Å². The van der Waals surface area contributed by atoms with Crippen LogP contribution in [-0.4, -0.2) is 5.78 Å². The highest BCUT2D eigenvalue weighted by Gasteiger charge is 2.06. The summed E-state index contributed by atoms with van der Waals surface area (Å²) in [6, 6.07) is 0. The van der Waals surface area contributed by atoms with Crippen LogP contribution in [0.1, 0.15) is 77.6 Å². The van der Waals surface area contributed by atoms with Gasteiger partial charge in [0.05, 0.1) is 0 Å². The molecule has 0 heterocycles. The van der Waals surface area contributed by atoms with Crippen LogP contribution in [0.4, 0.5) is 0 Å². The first-order valence-corrected chi connectivity index (χ1v) is 7.47. The molecule has 0 aromatic heterocycles. The molecule has 1 aliphatic rings. The van der Waals surface area contributed by atoms with Gasteiger partial charge >= 0.3 is 0 Å². The molecule has 1 atom stereocenters. The lowest BCUT2D eigenvalue weighted by atomic mass is 10.00.